The van der Waals surface area contributed by atoms with Crippen molar-refractivity contribution in [2.75, 3.05) is 20.6 Å². The molecule has 7 nitrogen and oxygen atoms in total. The Morgan fingerprint density at radius 3 is 2.61 bits per heavy atom. The Morgan fingerprint density at radius 1 is 1.50 bits per heavy atom. The smallest absolute Gasteiger partial charge is 0.242 e. The zero-order valence-electron chi connectivity index (χ0n) is 9.91. The van der Waals surface area contributed by atoms with E-state index in [0.29, 0.717) is 0 Å². The molecule has 1 rings (SSSR count). The van der Waals surface area contributed by atoms with Gasteiger partial charge in [0.1, 0.15) is 16.7 Å². The number of rotatable bonds is 4. The molecule has 0 saturated heterocycles. The Balaban J connectivity index is 2.81. The number of nitrogens with zero attached hydrogens (tertiary/aromatic N) is 3. The fourth-order valence-electron chi connectivity index (χ4n) is 1.00. The van der Waals surface area contributed by atoms with Gasteiger partial charge in [-0.05, 0) is 12.1 Å². The molecule has 18 heavy (non-hydrogen) atoms. The number of nitrogens with one attached hydrogen (secondary N) is 1. The molecule has 8 heteroatoms. The largest absolute Gasteiger partial charge is 0.348 e. The summed E-state index contributed by atoms with van der Waals surface area (Å²) in [5.74, 6) is -0.361. The molecular weight excluding hydrogens is 256 g/mol. The van der Waals surface area contributed by atoms with E-state index in [1.807, 2.05) is 0 Å². The average molecular weight is 268 g/mol. The summed E-state index contributed by atoms with van der Waals surface area (Å²) >= 11 is 0. The van der Waals surface area contributed by atoms with Crippen LogP contribution in [0.1, 0.15) is 5.69 Å². The van der Waals surface area contributed by atoms with Gasteiger partial charge in [-0.3, -0.25) is 4.79 Å². The summed E-state index contributed by atoms with van der Waals surface area (Å²) in [6, 6.07) is 4.34. The van der Waals surface area contributed by atoms with Gasteiger partial charge in [-0.15, -0.1) is 0 Å². The molecule has 1 aromatic rings. The van der Waals surface area contributed by atoms with Crippen molar-refractivity contribution < 1.29 is 13.2 Å². The van der Waals surface area contributed by atoms with Gasteiger partial charge in [0.15, 0.2) is 0 Å². The minimum atomic E-state index is -3.78. The maximum atomic E-state index is 11.8. The summed E-state index contributed by atoms with van der Waals surface area (Å²) in [6.07, 6.45) is 1.07. The van der Waals surface area contributed by atoms with Gasteiger partial charge in [-0.2, -0.15) is 5.26 Å². The predicted molar refractivity (Wildman–Crippen MR) is 62.8 cm³/mol. The fourth-order valence-corrected chi connectivity index (χ4v) is 1.92. The maximum Gasteiger partial charge on any atom is 0.242 e. The van der Waals surface area contributed by atoms with Crippen LogP contribution in [0.15, 0.2) is 23.2 Å². The highest BCUT2D eigenvalue weighted by molar-refractivity contribution is 7.89. The molecule has 0 bridgehead atoms. The fraction of sp³-hybridized carbons (Fsp3) is 0.300. The SMILES string of the molecule is CN(C)C(=O)CNS(=O)(=O)c1ccc(C#N)nc1. The van der Waals surface area contributed by atoms with Crippen LogP contribution >= 0.6 is 0 Å². The number of pyridine rings is 1. The maximum absolute atomic E-state index is 11.8. The molecule has 96 valence electrons. The number of hydrogen-bond acceptors (Lipinski definition) is 5. The van der Waals surface area contributed by atoms with Gasteiger partial charge in [-0.25, -0.2) is 18.1 Å². The number of likely N-dealkylation sites (N-methyl/N-ethyl adjacent to an activating group) is 1. The van der Waals surface area contributed by atoms with Crippen LogP contribution in [0, 0.1) is 11.3 Å². The first-order valence-corrected chi connectivity index (χ1v) is 6.41. The predicted octanol–water partition coefficient (Wildman–Crippen LogP) is -0.680. The molecule has 0 aliphatic heterocycles. The molecule has 1 N–H and O–H groups in total. The third-order valence-electron chi connectivity index (χ3n) is 2.07. The van der Waals surface area contributed by atoms with Gasteiger partial charge < -0.3 is 4.90 Å². The summed E-state index contributed by atoms with van der Waals surface area (Å²) in [5, 5.41) is 8.54. The number of amides is 1. The zero-order valence-corrected chi connectivity index (χ0v) is 10.7. The van der Waals surface area contributed by atoms with E-state index in [2.05, 4.69) is 9.71 Å². The van der Waals surface area contributed by atoms with E-state index in [0.717, 1.165) is 6.20 Å². The molecule has 0 fully saturated rings. The molecule has 0 atom stereocenters. The lowest BCUT2D eigenvalue weighted by Gasteiger charge is -2.11. The van der Waals surface area contributed by atoms with Crippen molar-refractivity contribution in [3.63, 3.8) is 0 Å². The number of nitriles is 1. The topological polar surface area (TPSA) is 103 Å². The summed E-state index contributed by atoms with van der Waals surface area (Å²) in [4.78, 5) is 16.1. The van der Waals surface area contributed by atoms with Gasteiger partial charge in [0.25, 0.3) is 0 Å². The first-order valence-electron chi connectivity index (χ1n) is 4.93. The van der Waals surface area contributed by atoms with Crippen molar-refractivity contribution in [2.24, 2.45) is 0 Å². The van der Waals surface area contributed by atoms with E-state index < -0.39 is 10.0 Å². The third-order valence-corrected chi connectivity index (χ3v) is 3.46. The standard InChI is InChI=1S/C10H12N4O3S/c1-14(2)10(15)7-13-18(16,17)9-4-3-8(5-11)12-6-9/h3-4,6,13H,7H2,1-2H3. The quantitative estimate of drug-likeness (QED) is 0.779. The number of carbonyl (C=O) groups excluding carboxylic acids is 1. The van der Waals surface area contributed by atoms with Crippen molar-refractivity contribution in [3.8, 4) is 6.07 Å². The van der Waals surface area contributed by atoms with Gasteiger partial charge >= 0.3 is 0 Å². The first kappa shape index (κ1) is 14.1. The second kappa shape index (κ2) is 5.57. The van der Waals surface area contributed by atoms with Crippen molar-refractivity contribution in [1.82, 2.24) is 14.6 Å². The molecule has 0 aliphatic carbocycles. The second-order valence-electron chi connectivity index (χ2n) is 3.60. The lowest BCUT2D eigenvalue weighted by molar-refractivity contribution is -0.127. The summed E-state index contributed by atoms with van der Waals surface area (Å²) < 4.78 is 25.7. The van der Waals surface area contributed by atoms with Crippen LogP contribution in [0.2, 0.25) is 0 Å². The normalized spacial score (nSPS) is 10.7. The van der Waals surface area contributed by atoms with Crippen molar-refractivity contribution in [3.05, 3.63) is 24.0 Å². The zero-order chi connectivity index (χ0) is 13.8. The van der Waals surface area contributed by atoms with Gasteiger partial charge in [0, 0.05) is 20.3 Å². The molecule has 0 radical (unpaired) electrons. The lowest BCUT2D eigenvalue weighted by Crippen LogP contribution is -2.36. The van der Waals surface area contributed by atoms with Crippen LogP contribution in [-0.4, -0.2) is 44.8 Å². The molecule has 1 heterocycles. The molecule has 0 unspecified atom stereocenters. The van der Waals surface area contributed by atoms with E-state index in [1.165, 1.54) is 31.1 Å². The number of carbonyl (C=O) groups is 1. The molecule has 1 amide bonds. The van der Waals surface area contributed by atoms with Gasteiger partial charge in [0.05, 0.1) is 6.54 Å². The molecule has 1 aromatic heterocycles. The van der Waals surface area contributed by atoms with Crippen molar-refractivity contribution >= 4 is 15.9 Å². The van der Waals surface area contributed by atoms with E-state index in [1.54, 1.807) is 6.07 Å². The van der Waals surface area contributed by atoms with Crippen LogP contribution in [0.3, 0.4) is 0 Å². The minimum absolute atomic E-state index is 0.0898. The monoisotopic (exact) mass is 268 g/mol. The second-order valence-corrected chi connectivity index (χ2v) is 5.37. The highest BCUT2D eigenvalue weighted by Gasteiger charge is 2.16. The summed E-state index contributed by atoms with van der Waals surface area (Å²) in [5.41, 5.74) is 0.123. The van der Waals surface area contributed by atoms with Crippen LogP contribution in [0.4, 0.5) is 0 Å². The van der Waals surface area contributed by atoms with Gasteiger partial charge in [-0.1, -0.05) is 0 Å². The Morgan fingerprint density at radius 2 is 2.17 bits per heavy atom. The van der Waals surface area contributed by atoms with Crippen LogP contribution in [0.5, 0.6) is 0 Å². The summed E-state index contributed by atoms with van der Waals surface area (Å²) in [6.45, 7) is -0.324. The van der Waals surface area contributed by atoms with Crippen molar-refractivity contribution in [1.29, 1.82) is 5.26 Å². The molecular formula is C10H12N4O3S. The van der Waals surface area contributed by atoms with E-state index in [-0.39, 0.29) is 23.0 Å². The Labute approximate surface area is 105 Å². The number of sulfonamides is 1. The van der Waals surface area contributed by atoms with Gasteiger partial charge in [0.2, 0.25) is 15.9 Å². The van der Waals surface area contributed by atoms with Crippen molar-refractivity contribution in [2.45, 2.75) is 4.90 Å². The first-order chi connectivity index (χ1) is 8.36. The number of aromatic nitrogens is 1. The van der Waals surface area contributed by atoms with E-state index >= 15 is 0 Å². The molecule has 0 aromatic carbocycles. The molecule has 0 saturated carbocycles. The van der Waals surface area contributed by atoms with E-state index in [9.17, 15) is 13.2 Å². The highest BCUT2D eigenvalue weighted by Crippen LogP contribution is 2.06. The highest BCUT2D eigenvalue weighted by atomic mass is 32.2. The third kappa shape index (κ3) is 3.51. The van der Waals surface area contributed by atoms with Crippen LogP contribution < -0.4 is 4.72 Å². The molecule has 0 aliphatic rings. The van der Waals surface area contributed by atoms with Crippen LogP contribution in [-0.2, 0) is 14.8 Å². The van der Waals surface area contributed by atoms with E-state index in [4.69, 9.17) is 5.26 Å². The summed E-state index contributed by atoms with van der Waals surface area (Å²) in [7, 11) is -0.728. The molecule has 0 spiro atoms. The van der Waals surface area contributed by atoms with Crippen LogP contribution in [0.25, 0.3) is 0 Å². The average Bonchev–Trinajstić information content (AvgIpc) is 2.36. The Bertz CT molecular complexity index is 572. The minimum Gasteiger partial charge on any atom is -0.348 e. The number of hydrogen-bond donors (Lipinski definition) is 1. The Kier molecular flexibility index (Phi) is 4.36. The Hall–Kier alpha value is -1.98. The lowest BCUT2D eigenvalue weighted by atomic mass is 10.4.